The predicted octanol–water partition coefficient (Wildman–Crippen LogP) is 4.50. The van der Waals surface area contributed by atoms with Gasteiger partial charge in [-0.1, -0.05) is 35.3 Å². The second kappa shape index (κ2) is 10.1. The van der Waals surface area contributed by atoms with Crippen LogP contribution in [-0.4, -0.2) is 33.8 Å². The van der Waals surface area contributed by atoms with E-state index in [1.807, 2.05) is 0 Å². The van der Waals surface area contributed by atoms with Crippen LogP contribution in [0, 0.1) is 17.1 Å². The number of allylic oxidation sites excluding steroid dienone is 1. The van der Waals surface area contributed by atoms with Crippen LogP contribution in [-0.2, 0) is 11.3 Å². The van der Waals surface area contributed by atoms with Gasteiger partial charge in [-0.3, -0.25) is 9.59 Å². The molecular weight excluding hydrogens is 541 g/mol. The van der Waals surface area contributed by atoms with E-state index in [4.69, 9.17) is 33.2 Å². The van der Waals surface area contributed by atoms with Gasteiger partial charge in [0.15, 0.2) is 5.70 Å². The maximum atomic E-state index is 14.5. The highest BCUT2D eigenvalue weighted by Crippen LogP contribution is 2.32. The number of hydrogen-bond acceptors (Lipinski definition) is 6. The van der Waals surface area contributed by atoms with Gasteiger partial charge in [0.2, 0.25) is 5.76 Å². The van der Waals surface area contributed by atoms with E-state index in [2.05, 4.69) is 15.5 Å². The third-order valence-corrected chi connectivity index (χ3v) is 5.62. The van der Waals surface area contributed by atoms with Crippen molar-refractivity contribution in [2.45, 2.75) is 12.7 Å². The molecule has 2 aromatic carbocycles. The van der Waals surface area contributed by atoms with Crippen LogP contribution in [0.15, 0.2) is 58.7 Å². The summed E-state index contributed by atoms with van der Waals surface area (Å²) < 4.78 is 60.7. The Balaban J connectivity index is 1.67. The molecule has 0 fully saturated rings. The minimum atomic E-state index is -4.97. The lowest BCUT2D eigenvalue weighted by Crippen LogP contribution is -2.49. The number of carbonyl (C=O) groups is 1. The van der Waals surface area contributed by atoms with Crippen LogP contribution in [0.3, 0.4) is 0 Å². The average Bonchev–Trinajstić information content (AvgIpc) is 2.83. The molecular formula is C23H13Cl2F4N5O3. The molecule has 2 heterocycles. The van der Waals surface area contributed by atoms with E-state index in [1.165, 1.54) is 30.3 Å². The first-order chi connectivity index (χ1) is 17.5. The molecule has 1 amide bonds. The normalized spacial score (nSPS) is 13.9. The smallest absolute Gasteiger partial charge is 0.434 e. The summed E-state index contributed by atoms with van der Waals surface area (Å²) in [5.41, 5.74) is -2.41. The number of hydrogen-bond donors (Lipinski definition) is 2. The van der Waals surface area contributed by atoms with E-state index in [0.717, 1.165) is 17.0 Å². The fourth-order valence-corrected chi connectivity index (χ4v) is 3.87. The van der Waals surface area contributed by atoms with Crippen LogP contribution >= 0.6 is 23.2 Å². The first-order valence-electron chi connectivity index (χ1n) is 10.2. The molecule has 0 saturated carbocycles. The summed E-state index contributed by atoms with van der Waals surface area (Å²) in [6, 6.07) is 10.5. The summed E-state index contributed by atoms with van der Waals surface area (Å²) in [5, 5.41) is 17.0. The van der Waals surface area contributed by atoms with Crippen LogP contribution in [0.1, 0.15) is 11.3 Å². The van der Waals surface area contributed by atoms with E-state index < -0.39 is 41.6 Å². The van der Waals surface area contributed by atoms with Crippen molar-refractivity contribution >= 4 is 29.1 Å². The molecule has 14 heteroatoms. The second-order valence-corrected chi connectivity index (χ2v) is 8.48. The zero-order chi connectivity index (χ0) is 26.9. The van der Waals surface area contributed by atoms with Gasteiger partial charge in [0.05, 0.1) is 41.1 Å². The summed E-state index contributed by atoms with van der Waals surface area (Å²) in [5.74, 6) is -3.36. The number of nitrogens with zero attached hydrogens (tertiary/aromatic N) is 3. The Morgan fingerprint density at radius 3 is 2.59 bits per heavy atom. The summed E-state index contributed by atoms with van der Waals surface area (Å²) in [7, 11) is 0. The number of aromatic amines is 1. The van der Waals surface area contributed by atoms with E-state index in [-0.39, 0.29) is 44.7 Å². The largest absolute Gasteiger partial charge is 0.449 e. The van der Waals surface area contributed by atoms with Gasteiger partial charge < -0.3 is 15.0 Å². The fourth-order valence-electron chi connectivity index (χ4n) is 3.47. The first-order valence-corrected chi connectivity index (χ1v) is 11.0. The number of nitriles is 1. The monoisotopic (exact) mass is 553 g/mol. The van der Waals surface area contributed by atoms with Gasteiger partial charge in [-0.2, -0.15) is 23.5 Å². The number of nitrogens with one attached hydrogen (secondary N) is 2. The van der Waals surface area contributed by atoms with Gasteiger partial charge >= 0.3 is 6.18 Å². The summed E-state index contributed by atoms with van der Waals surface area (Å²) >= 11 is 11.7. The number of rotatable bonds is 5. The zero-order valence-electron chi connectivity index (χ0n) is 18.3. The second-order valence-electron chi connectivity index (χ2n) is 7.63. The molecule has 0 bridgehead atoms. The van der Waals surface area contributed by atoms with Crippen molar-refractivity contribution in [1.82, 2.24) is 20.4 Å². The number of aromatic nitrogens is 2. The molecule has 190 valence electrons. The van der Waals surface area contributed by atoms with Crippen LogP contribution in [0.25, 0.3) is 11.1 Å². The van der Waals surface area contributed by atoms with Crippen molar-refractivity contribution in [3.8, 4) is 22.9 Å². The molecule has 8 nitrogen and oxygen atoms in total. The lowest BCUT2D eigenvalue weighted by Gasteiger charge is -2.31. The summed E-state index contributed by atoms with van der Waals surface area (Å²) in [6.07, 6.45) is -4.97. The topological polar surface area (TPSA) is 111 Å². The first kappa shape index (κ1) is 26.0. The molecule has 3 aromatic rings. The van der Waals surface area contributed by atoms with Gasteiger partial charge in [-0.15, -0.1) is 0 Å². The molecule has 4 rings (SSSR count). The number of alkyl halides is 3. The molecule has 1 aliphatic rings. The van der Waals surface area contributed by atoms with E-state index in [0.29, 0.717) is 0 Å². The van der Waals surface area contributed by atoms with Gasteiger partial charge in [0.25, 0.3) is 11.5 Å². The van der Waals surface area contributed by atoms with Gasteiger partial charge in [-0.25, -0.2) is 9.49 Å². The number of halogens is 6. The Bertz CT molecular complexity index is 1530. The van der Waals surface area contributed by atoms with Crippen molar-refractivity contribution in [2.24, 2.45) is 0 Å². The molecule has 0 aliphatic carbocycles. The third kappa shape index (κ3) is 5.52. The number of carbonyl (C=O) groups excluding carboxylic acids is 1. The van der Waals surface area contributed by atoms with Crippen molar-refractivity contribution in [3.05, 3.63) is 91.4 Å². The lowest BCUT2D eigenvalue weighted by molar-refractivity contribution is -0.137. The highest BCUT2D eigenvalue weighted by molar-refractivity contribution is 6.31. The van der Waals surface area contributed by atoms with Crippen molar-refractivity contribution in [2.75, 3.05) is 6.67 Å². The van der Waals surface area contributed by atoms with E-state index in [9.17, 15) is 27.2 Å². The van der Waals surface area contributed by atoms with Crippen molar-refractivity contribution in [1.29, 1.82) is 5.26 Å². The van der Waals surface area contributed by atoms with Crippen LogP contribution in [0.2, 0.25) is 10.0 Å². The highest BCUT2D eigenvalue weighted by atomic mass is 35.5. The molecule has 0 atom stereocenters. The predicted molar refractivity (Wildman–Crippen MR) is 124 cm³/mol. The molecule has 2 N–H and O–H groups in total. The Hall–Kier alpha value is -4.08. The third-order valence-electron chi connectivity index (χ3n) is 5.11. The standard InChI is InChI=1S/C23H13Cl2F4N5O3/c24-12-4-11(8-30)5-14(6-12)37-19-20(23(27,28)29)31-10-34(22(19)36)9-13-7-16(21(35)33-32-13)15-2-1-3-17(25)18(15)26/h1-7,31H,9-10H2,(H,33,35). The maximum absolute atomic E-state index is 14.5. The zero-order valence-corrected chi connectivity index (χ0v) is 19.8. The summed E-state index contributed by atoms with van der Waals surface area (Å²) in [4.78, 5) is 26.3. The molecule has 0 saturated heterocycles. The molecule has 1 aromatic heterocycles. The number of H-pyrrole nitrogens is 1. The number of benzene rings is 2. The van der Waals surface area contributed by atoms with E-state index in [1.54, 1.807) is 6.07 Å². The summed E-state index contributed by atoms with van der Waals surface area (Å²) in [6.45, 7) is -0.962. The van der Waals surface area contributed by atoms with Gasteiger partial charge in [0.1, 0.15) is 11.6 Å². The molecule has 0 spiro atoms. The maximum Gasteiger partial charge on any atom is 0.434 e. The van der Waals surface area contributed by atoms with Crippen molar-refractivity contribution in [3.63, 3.8) is 0 Å². The Morgan fingerprint density at radius 1 is 1.14 bits per heavy atom. The minimum Gasteiger partial charge on any atom is -0.449 e. The Kier molecular flexibility index (Phi) is 7.11. The Labute approximate surface area is 215 Å². The van der Waals surface area contributed by atoms with Crippen LogP contribution in [0.5, 0.6) is 5.75 Å². The fraction of sp³-hybridized carbons (Fsp3) is 0.130. The highest BCUT2D eigenvalue weighted by Gasteiger charge is 2.44. The Morgan fingerprint density at radius 2 is 1.89 bits per heavy atom. The quantitative estimate of drug-likeness (QED) is 0.450. The molecule has 1 aliphatic heterocycles. The number of ether oxygens (including phenoxy) is 1. The van der Waals surface area contributed by atoms with Gasteiger partial charge in [0, 0.05) is 10.6 Å². The molecule has 37 heavy (non-hydrogen) atoms. The van der Waals surface area contributed by atoms with Crippen LogP contribution < -0.4 is 15.6 Å². The van der Waals surface area contributed by atoms with E-state index >= 15 is 0 Å². The van der Waals surface area contributed by atoms with Crippen LogP contribution in [0.4, 0.5) is 17.6 Å². The molecule has 0 radical (unpaired) electrons. The van der Waals surface area contributed by atoms with Crippen molar-refractivity contribution < 1.29 is 27.1 Å². The molecule has 0 unspecified atom stereocenters. The average molecular weight is 554 g/mol. The minimum absolute atomic E-state index is 0.00273. The number of amides is 1. The lowest BCUT2D eigenvalue weighted by atomic mass is 10.1. The van der Waals surface area contributed by atoms with Gasteiger partial charge in [-0.05, 0) is 30.3 Å². The SMILES string of the molecule is N#Cc1cc(Cl)cc(OC2=C(C(F)(F)F)NCN(Cc3cc(-c4cccc(Cl)c4F)c(=O)[nH]n3)C2=O)c1.